The molecule has 29 heavy (non-hydrogen) atoms. The third kappa shape index (κ3) is 4.11. The lowest BCUT2D eigenvalue weighted by atomic mass is 10.0. The van der Waals surface area contributed by atoms with Gasteiger partial charge in [-0.05, 0) is 39.5 Å². The fraction of sp³-hybridized carbons (Fsp3) is 0.500. The average Bonchev–Trinajstić information content (AvgIpc) is 3.31. The topological polar surface area (TPSA) is 59.3 Å². The Morgan fingerprint density at radius 3 is 2.83 bits per heavy atom. The molecule has 1 atom stereocenters. The van der Waals surface area contributed by atoms with Gasteiger partial charge in [-0.3, -0.25) is 4.90 Å². The Morgan fingerprint density at radius 2 is 2.03 bits per heavy atom. The molecule has 3 heterocycles. The minimum Gasteiger partial charge on any atom is -0.496 e. The molecule has 154 valence electrons. The third-order valence-electron chi connectivity index (χ3n) is 5.70. The summed E-state index contributed by atoms with van der Waals surface area (Å²) in [7, 11) is 5.91. The maximum atomic E-state index is 5.64. The van der Waals surface area contributed by atoms with Crippen molar-refractivity contribution in [3.8, 4) is 5.75 Å². The molecule has 1 unspecified atom stereocenters. The monoisotopic (exact) mass is 394 g/mol. The van der Waals surface area contributed by atoms with E-state index in [1.165, 1.54) is 11.1 Å². The number of benzene rings is 1. The Kier molecular flexibility index (Phi) is 5.78. The fourth-order valence-corrected chi connectivity index (χ4v) is 4.22. The molecule has 4 rings (SSSR count). The number of nitrogens with zero attached hydrogens (tertiary/aromatic N) is 6. The highest BCUT2D eigenvalue weighted by molar-refractivity contribution is 5.73. The normalized spacial score (nSPS) is 17.5. The van der Waals surface area contributed by atoms with Crippen LogP contribution in [0.1, 0.15) is 29.2 Å². The minimum absolute atomic E-state index is 0.380. The van der Waals surface area contributed by atoms with E-state index in [4.69, 9.17) is 9.84 Å². The zero-order chi connectivity index (χ0) is 20.4. The molecule has 1 fully saturated rings. The molecular weight excluding hydrogens is 364 g/mol. The van der Waals surface area contributed by atoms with Crippen LogP contribution in [0.3, 0.4) is 0 Å². The van der Waals surface area contributed by atoms with Crippen LogP contribution in [0.4, 0.5) is 0 Å². The van der Waals surface area contributed by atoms with Gasteiger partial charge >= 0.3 is 0 Å². The Balaban J connectivity index is 1.54. The van der Waals surface area contributed by atoms with E-state index in [0.29, 0.717) is 5.92 Å². The van der Waals surface area contributed by atoms with E-state index in [2.05, 4.69) is 59.0 Å². The number of hydrogen-bond donors (Lipinski definition) is 0. The zero-order valence-electron chi connectivity index (χ0n) is 17.8. The highest BCUT2D eigenvalue weighted by Crippen LogP contribution is 2.32. The molecule has 0 radical (unpaired) electrons. The van der Waals surface area contributed by atoms with Crippen LogP contribution in [0.15, 0.2) is 30.6 Å². The second-order valence-corrected chi connectivity index (χ2v) is 8.13. The summed E-state index contributed by atoms with van der Waals surface area (Å²) in [6.07, 6.45) is 4.61. The largest absolute Gasteiger partial charge is 0.496 e. The first-order valence-corrected chi connectivity index (χ1v) is 10.2. The predicted octanol–water partition coefficient (Wildman–Crippen LogP) is 2.69. The van der Waals surface area contributed by atoms with Crippen molar-refractivity contribution in [1.29, 1.82) is 0 Å². The van der Waals surface area contributed by atoms with Gasteiger partial charge in [0.25, 0.3) is 0 Å². The minimum atomic E-state index is 0.380. The van der Waals surface area contributed by atoms with Gasteiger partial charge in [-0.15, -0.1) is 0 Å². The first kappa shape index (κ1) is 19.8. The number of para-hydroxylation sites is 1. The van der Waals surface area contributed by atoms with Gasteiger partial charge in [-0.1, -0.05) is 18.2 Å². The summed E-state index contributed by atoms with van der Waals surface area (Å²) in [5.41, 5.74) is 5.36. The van der Waals surface area contributed by atoms with Gasteiger partial charge in [0.05, 0.1) is 19.3 Å². The summed E-state index contributed by atoms with van der Waals surface area (Å²) in [4.78, 5) is 13.8. The molecule has 0 N–H and O–H groups in total. The fourth-order valence-electron chi connectivity index (χ4n) is 4.22. The lowest BCUT2D eigenvalue weighted by Gasteiger charge is -2.18. The summed E-state index contributed by atoms with van der Waals surface area (Å²) in [6, 6.07) is 6.37. The molecule has 0 saturated carbocycles. The van der Waals surface area contributed by atoms with Gasteiger partial charge < -0.3 is 9.64 Å². The van der Waals surface area contributed by atoms with Crippen molar-refractivity contribution in [3.05, 3.63) is 47.4 Å². The SMILES string of the molecule is COc1c(C)cccc1CN1CCC(c2nn(CCN(C)C)c3nccnc23)C1. The van der Waals surface area contributed by atoms with Gasteiger partial charge in [0.2, 0.25) is 0 Å². The maximum Gasteiger partial charge on any atom is 0.177 e. The lowest BCUT2D eigenvalue weighted by Crippen LogP contribution is -2.21. The smallest absolute Gasteiger partial charge is 0.177 e. The van der Waals surface area contributed by atoms with Gasteiger partial charge in [0.15, 0.2) is 5.65 Å². The van der Waals surface area contributed by atoms with Crippen molar-refractivity contribution in [2.24, 2.45) is 0 Å². The number of aryl methyl sites for hydroxylation is 1. The van der Waals surface area contributed by atoms with Crippen LogP contribution in [-0.4, -0.2) is 70.4 Å². The maximum absolute atomic E-state index is 5.64. The first-order valence-electron chi connectivity index (χ1n) is 10.2. The molecule has 1 saturated heterocycles. The van der Waals surface area contributed by atoms with Crippen molar-refractivity contribution >= 4 is 11.2 Å². The van der Waals surface area contributed by atoms with Crippen LogP contribution in [0, 0.1) is 6.92 Å². The Bertz CT molecular complexity index is 983. The van der Waals surface area contributed by atoms with E-state index in [0.717, 1.165) is 61.8 Å². The van der Waals surface area contributed by atoms with Crippen LogP contribution in [0.2, 0.25) is 0 Å². The van der Waals surface area contributed by atoms with Crippen LogP contribution < -0.4 is 4.74 Å². The summed E-state index contributed by atoms with van der Waals surface area (Å²) in [6.45, 7) is 6.77. The molecule has 0 bridgehead atoms. The van der Waals surface area contributed by atoms with E-state index in [1.807, 2.05) is 4.68 Å². The molecule has 7 nitrogen and oxygen atoms in total. The number of hydrogen-bond acceptors (Lipinski definition) is 6. The Hall–Kier alpha value is -2.51. The van der Waals surface area contributed by atoms with Crippen molar-refractivity contribution in [2.75, 3.05) is 40.8 Å². The zero-order valence-corrected chi connectivity index (χ0v) is 17.8. The quantitative estimate of drug-likeness (QED) is 0.614. The van der Waals surface area contributed by atoms with Crippen molar-refractivity contribution in [1.82, 2.24) is 29.5 Å². The third-order valence-corrected chi connectivity index (χ3v) is 5.70. The predicted molar refractivity (Wildman–Crippen MR) is 114 cm³/mol. The van der Waals surface area contributed by atoms with E-state index >= 15 is 0 Å². The number of likely N-dealkylation sites (tertiary alicyclic amines) is 1. The molecule has 0 amide bonds. The number of aromatic nitrogens is 4. The molecule has 1 aliphatic rings. The Morgan fingerprint density at radius 1 is 1.21 bits per heavy atom. The van der Waals surface area contributed by atoms with E-state index in [-0.39, 0.29) is 0 Å². The number of fused-ring (bicyclic) bond motifs is 1. The van der Waals surface area contributed by atoms with Crippen LogP contribution in [0.5, 0.6) is 5.75 Å². The number of methoxy groups -OCH3 is 1. The summed E-state index contributed by atoms with van der Waals surface area (Å²) >= 11 is 0. The molecule has 7 heteroatoms. The van der Waals surface area contributed by atoms with E-state index in [9.17, 15) is 0 Å². The molecule has 3 aromatic rings. The van der Waals surface area contributed by atoms with Crippen molar-refractivity contribution in [2.45, 2.75) is 32.4 Å². The van der Waals surface area contributed by atoms with Crippen LogP contribution in [0.25, 0.3) is 11.2 Å². The standard InChI is InChI=1S/C22H30N6O/c1-16-6-5-7-18(21(16)29-4)15-27-11-8-17(14-27)19-20-22(24-10-9-23-20)28(25-19)13-12-26(2)3/h5-7,9-10,17H,8,11-15H2,1-4H3. The van der Waals surface area contributed by atoms with Gasteiger partial charge in [-0.2, -0.15) is 5.10 Å². The van der Waals surface area contributed by atoms with Crippen molar-refractivity contribution in [3.63, 3.8) is 0 Å². The molecule has 1 aliphatic heterocycles. The second kappa shape index (κ2) is 8.47. The molecule has 0 aliphatic carbocycles. The number of likely N-dealkylation sites (N-methyl/N-ethyl adjacent to an activating group) is 1. The van der Waals surface area contributed by atoms with Gasteiger partial charge in [-0.25, -0.2) is 14.6 Å². The second-order valence-electron chi connectivity index (χ2n) is 8.13. The number of ether oxygens (including phenoxy) is 1. The molecule has 0 spiro atoms. The highest BCUT2D eigenvalue weighted by atomic mass is 16.5. The summed E-state index contributed by atoms with van der Waals surface area (Å²) in [5, 5.41) is 4.95. The first-order chi connectivity index (χ1) is 14.1. The molecule has 1 aromatic carbocycles. The van der Waals surface area contributed by atoms with Gasteiger partial charge in [0.1, 0.15) is 11.3 Å². The molecule has 2 aromatic heterocycles. The van der Waals surface area contributed by atoms with E-state index in [1.54, 1.807) is 19.5 Å². The lowest BCUT2D eigenvalue weighted by molar-refractivity contribution is 0.316. The van der Waals surface area contributed by atoms with Gasteiger partial charge in [0, 0.05) is 43.5 Å². The highest BCUT2D eigenvalue weighted by Gasteiger charge is 2.29. The summed E-state index contributed by atoms with van der Waals surface area (Å²) < 4.78 is 7.66. The van der Waals surface area contributed by atoms with Crippen molar-refractivity contribution < 1.29 is 4.74 Å². The molecular formula is C22H30N6O. The average molecular weight is 395 g/mol. The number of rotatable bonds is 7. The van der Waals surface area contributed by atoms with Crippen LogP contribution in [-0.2, 0) is 13.1 Å². The van der Waals surface area contributed by atoms with Crippen LogP contribution >= 0.6 is 0 Å². The van der Waals surface area contributed by atoms with E-state index < -0.39 is 0 Å². The summed E-state index contributed by atoms with van der Waals surface area (Å²) in [5.74, 6) is 1.38. The Labute approximate surface area is 172 Å².